The number of nitrogens with zero attached hydrogens (tertiary/aromatic N) is 3. The molecule has 0 aliphatic carbocycles. The number of amides is 3. The Kier molecular flexibility index (Phi) is 5.89. The molecule has 8 heteroatoms. The first-order valence-electron chi connectivity index (χ1n) is 7.84. The zero-order valence-corrected chi connectivity index (χ0v) is 14.0. The van der Waals surface area contributed by atoms with E-state index in [-0.39, 0.29) is 11.9 Å². The second kappa shape index (κ2) is 8.09. The van der Waals surface area contributed by atoms with Gasteiger partial charge in [-0.05, 0) is 44.5 Å². The number of nitrogens with one attached hydrogen (secondary N) is 3. The van der Waals surface area contributed by atoms with Crippen molar-refractivity contribution in [1.29, 1.82) is 0 Å². The van der Waals surface area contributed by atoms with Crippen LogP contribution in [-0.2, 0) is 4.79 Å². The van der Waals surface area contributed by atoms with Gasteiger partial charge in [0.25, 0.3) is 0 Å². The zero-order valence-electron chi connectivity index (χ0n) is 14.0. The Hall–Kier alpha value is -2.90. The van der Waals surface area contributed by atoms with Gasteiger partial charge >= 0.3 is 6.03 Å². The molecule has 0 saturated heterocycles. The largest absolute Gasteiger partial charge is 0.352 e. The first-order chi connectivity index (χ1) is 11.5. The molecule has 0 aliphatic heterocycles. The molecule has 1 heterocycles. The number of anilines is 1. The van der Waals surface area contributed by atoms with Crippen LogP contribution in [0.2, 0.25) is 0 Å². The topological polar surface area (TPSA) is 101 Å². The van der Waals surface area contributed by atoms with Gasteiger partial charge in [-0.3, -0.25) is 4.79 Å². The summed E-state index contributed by atoms with van der Waals surface area (Å²) in [5, 5.41) is 16.2. The molecule has 0 bridgehead atoms. The number of aromatic nitrogens is 3. The predicted molar refractivity (Wildman–Crippen MR) is 90.9 cm³/mol. The van der Waals surface area contributed by atoms with E-state index in [1.165, 1.54) is 4.80 Å². The Balaban J connectivity index is 1.87. The molecule has 3 N–H and O–H groups in total. The van der Waals surface area contributed by atoms with Gasteiger partial charge in [0.1, 0.15) is 6.04 Å². The van der Waals surface area contributed by atoms with Gasteiger partial charge in [0, 0.05) is 11.7 Å². The maximum absolute atomic E-state index is 12.0. The predicted octanol–water partition coefficient (Wildman–Crippen LogP) is 1.69. The third-order valence-electron chi connectivity index (χ3n) is 3.52. The molecule has 0 aliphatic rings. The average molecular weight is 330 g/mol. The zero-order chi connectivity index (χ0) is 17.5. The highest BCUT2D eigenvalue weighted by Crippen LogP contribution is 2.11. The van der Waals surface area contributed by atoms with E-state index in [4.69, 9.17) is 0 Å². The lowest BCUT2D eigenvalue weighted by Crippen LogP contribution is -2.48. The van der Waals surface area contributed by atoms with E-state index in [0.717, 1.165) is 12.1 Å². The second-order valence-corrected chi connectivity index (χ2v) is 5.50. The lowest BCUT2D eigenvalue weighted by molar-refractivity contribution is -0.123. The van der Waals surface area contributed by atoms with Crippen LogP contribution in [0.1, 0.15) is 27.2 Å². The minimum absolute atomic E-state index is 0.0771. The van der Waals surface area contributed by atoms with Gasteiger partial charge in [0.15, 0.2) is 0 Å². The SMILES string of the molecule is CC[C@@H](C)NC(=O)[C@H](C)NC(=O)Nc1ccc(-n2nccn2)cc1. The Bertz CT molecular complexity index is 668. The monoisotopic (exact) mass is 330 g/mol. The van der Waals surface area contributed by atoms with Gasteiger partial charge in [0.2, 0.25) is 5.91 Å². The van der Waals surface area contributed by atoms with Crippen molar-refractivity contribution in [1.82, 2.24) is 25.6 Å². The van der Waals surface area contributed by atoms with Crippen LogP contribution in [0.15, 0.2) is 36.7 Å². The van der Waals surface area contributed by atoms with Gasteiger partial charge in [-0.25, -0.2) is 4.79 Å². The van der Waals surface area contributed by atoms with Crippen LogP contribution in [0.3, 0.4) is 0 Å². The molecule has 24 heavy (non-hydrogen) atoms. The van der Waals surface area contributed by atoms with Crippen molar-refractivity contribution in [3.63, 3.8) is 0 Å². The maximum Gasteiger partial charge on any atom is 0.319 e. The second-order valence-electron chi connectivity index (χ2n) is 5.50. The van der Waals surface area contributed by atoms with Crippen LogP contribution in [0.4, 0.5) is 10.5 Å². The minimum atomic E-state index is -0.619. The summed E-state index contributed by atoms with van der Waals surface area (Å²) in [5.41, 5.74) is 1.39. The summed E-state index contributed by atoms with van der Waals surface area (Å²) in [6.45, 7) is 5.54. The lowest BCUT2D eigenvalue weighted by atomic mass is 10.2. The molecule has 0 radical (unpaired) electrons. The first-order valence-corrected chi connectivity index (χ1v) is 7.84. The summed E-state index contributed by atoms with van der Waals surface area (Å²) in [4.78, 5) is 25.3. The highest BCUT2D eigenvalue weighted by atomic mass is 16.2. The van der Waals surface area contributed by atoms with Crippen molar-refractivity contribution in [2.24, 2.45) is 0 Å². The molecular weight excluding hydrogens is 308 g/mol. The lowest BCUT2D eigenvalue weighted by Gasteiger charge is -2.17. The van der Waals surface area contributed by atoms with Crippen molar-refractivity contribution in [3.8, 4) is 5.69 Å². The van der Waals surface area contributed by atoms with Gasteiger partial charge in [-0.1, -0.05) is 6.92 Å². The Morgan fingerprint density at radius 2 is 1.71 bits per heavy atom. The molecule has 0 spiro atoms. The smallest absolute Gasteiger partial charge is 0.319 e. The van der Waals surface area contributed by atoms with Gasteiger partial charge in [-0.2, -0.15) is 15.0 Å². The first kappa shape index (κ1) is 17.5. The van der Waals surface area contributed by atoms with Gasteiger partial charge in [0.05, 0.1) is 18.1 Å². The molecule has 2 rings (SSSR count). The minimum Gasteiger partial charge on any atom is -0.352 e. The van der Waals surface area contributed by atoms with Crippen LogP contribution in [0, 0.1) is 0 Å². The van der Waals surface area contributed by atoms with Crippen molar-refractivity contribution in [2.45, 2.75) is 39.3 Å². The number of benzene rings is 1. The van der Waals surface area contributed by atoms with E-state index in [9.17, 15) is 9.59 Å². The Morgan fingerprint density at radius 3 is 2.29 bits per heavy atom. The molecule has 128 valence electrons. The van der Waals surface area contributed by atoms with Crippen LogP contribution >= 0.6 is 0 Å². The summed E-state index contributed by atoms with van der Waals surface area (Å²) >= 11 is 0. The van der Waals surface area contributed by atoms with E-state index < -0.39 is 12.1 Å². The molecule has 0 saturated carbocycles. The van der Waals surface area contributed by atoms with E-state index in [2.05, 4.69) is 26.1 Å². The summed E-state index contributed by atoms with van der Waals surface area (Å²) in [6, 6.07) is 6.07. The Labute approximate surface area is 140 Å². The van der Waals surface area contributed by atoms with Crippen molar-refractivity contribution >= 4 is 17.6 Å². The fraction of sp³-hybridized carbons (Fsp3) is 0.375. The highest BCUT2D eigenvalue weighted by Gasteiger charge is 2.16. The highest BCUT2D eigenvalue weighted by molar-refractivity contribution is 5.93. The number of hydrogen-bond acceptors (Lipinski definition) is 4. The van der Waals surface area contributed by atoms with Crippen LogP contribution < -0.4 is 16.0 Å². The standard InChI is InChI=1S/C16H22N6O2/c1-4-11(2)19-15(23)12(3)20-16(24)21-13-5-7-14(8-6-13)22-17-9-10-18-22/h5-12H,4H2,1-3H3,(H,19,23)(H2,20,21,24)/t11-,12+/m1/s1. The average Bonchev–Trinajstić information content (AvgIpc) is 3.09. The van der Waals surface area contributed by atoms with Crippen molar-refractivity contribution < 1.29 is 9.59 Å². The number of urea groups is 1. The van der Waals surface area contributed by atoms with Crippen LogP contribution in [-0.4, -0.2) is 39.0 Å². The number of carbonyl (C=O) groups excluding carboxylic acids is 2. The molecule has 1 aromatic carbocycles. The quantitative estimate of drug-likeness (QED) is 0.750. The van der Waals surface area contributed by atoms with E-state index in [1.54, 1.807) is 43.6 Å². The summed E-state index contributed by atoms with van der Waals surface area (Å²) in [6.07, 6.45) is 4.01. The van der Waals surface area contributed by atoms with E-state index in [1.807, 2.05) is 13.8 Å². The van der Waals surface area contributed by atoms with E-state index in [0.29, 0.717) is 5.69 Å². The molecule has 0 unspecified atom stereocenters. The Morgan fingerprint density at radius 1 is 1.08 bits per heavy atom. The third kappa shape index (κ3) is 4.80. The molecule has 1 aromatic heterocycles. The van der Waals surface area contributed by atoms with Gasteiger partial charge < -0.3 is 16.0 Å². The normalized spacial score (nSPS) is 13.0. The molecule has 2 atom stereocenters. The molecular formula is C16H22N6O2. The van der Waals surface area contributed by atoms with Gasteiger partial charge in [-0.15, -0.1) is 0 Å². The third-order valence-corrected chi connectivity index (χ3v) is 3.52. The summed E-state index contributed by atoms with van der Waals surface area (Å²) in [7, 11) is 0. The molecule has 8 nitrogen and oxygen atoms in total. The van der Waals surface area contributed by atoms with Crippen molar-refractivity contribution in [2.75, 3.05) is 5.32 Å². The fourth-order valence-corrected chi connectivity index (χ4v) is 1.93. The number of hydrogen-bond donors (Lipinski definition) is 3. The summed E-state index contributed by atoms with van der Waals surface area (Å²) in [5.74, 6) is -0.209. The molecule has 0 fully saturated rings. The fourth-order valence-electron chi connectivity index (χ4n) is 1.93. The van der Waals surface area contributed by atoms with E-state index >= 15 is 0 Å². The van der Waals surface area contributed by atoms with Crippen LogP contribution in [0.25, 0.3) is 5.69 Å². The molecule has 2 aromatic rings. The number of carbonyl (C=O) groups is 2. The van der Waals surface area contributed by atoms with Crippen molar-refractivity contribution in [3.05, 3.63) is 36.7 Å². The van der Waals surface area contributed by atoms with Crippen LogP contribution in [0.5, 0.6) is 0 Å². The number of rotatable bonds is 6. The summed E-state index contributed by atoms with van der Waals surface area (Å²) < 4.78 is 0. The maximum atomic E-state index is 12.0. The molecule has 3 amide bonds.